The maximum absolute atomic E-state index is 7.90. The third-order valence-electron chi connectivity index (χ3n) is 5.74. The van der Waals surface area contributed by atoms with Crippen LogP contribution < -0.4 is 0 Å². The molecule has 1 aromatic heterocycles. The molecule has 24 heavy (non-hydrogen) atoms. The van der Waals surface area contributed by atoms with Gasteiger partial charge in [-0.1, -0.05) is 36.4 Å². The topological polar surface area (TPSA) is 20.1 Å². The second kappa shape index (κ2) is 6.15. The SMILES string of the molecule is [C-]#[N+]C1[C@H](c2c[nH]c3ccccc23)[C@@H](C(=C)C)C[C@@H](Cl)[C@@]1(C)C=C. The third kappa shape index (κ3) is 2.39. The maximum atomic E-state index is 7.90. The molecule has 3 rings (SSSR count). The summed E-state index contributed by atoms with van der Waals surface area (Å²) in [6.45, 7) is 20.2. The van der Waals surface area contributed by atoms with Gasteiger partial charge in [0.05, 0.1) is 16.7 Å². The zero-order valence-electron chi connectivity index (χ0n) is 14.2. The lowest BCUT2D eigenvalue weighted by Crippen LogP contribution is -2.48. The minimum absolute atomic E-state index is 0.0640. The molecule has 1 unspecified atom stereocenters. The Balaban J connectivity index is 2.21. The van der Waals surface area contributed by atoms with Crippen molar-refractivity contribution in [1.29, 1.82) is 0 Å². The molecule has 1 heterocycles. The molecule has 2 aromatic rings. The van der Waals surface area contributed by atoms with Gasteiger partial charge in [-0.05, 0) is 37.8 Å². The summed E-state index contributed by atoms with van der Waals surface area (Å²) in [5.41, 5.74) is 2.97. The molecule has 0 spiro atoms. The third-order valence-corrected chi connectivity index (χ3v) is 6.39. The van der Waals surface area contributed by atoms with Crippen LogP contribution in [-0.2, 0) is 0 Å². The number of aromatic nitrogens is 1. The normalized spacial score (nSPS) is 33.1. The number of hydrogen-bond acceptors (Lipinski definition) is 0. The van der Waals surface area contributed by atoms with E-state index in [1.807, 2.05) is 25.1 Å². The highest BCUT2D eigenvalue weighted by Gasteiger charge is 2.55. The number of aromatic amines is 1. The van der Waals surface area contributed by atoms with Gasteiger partial charge < -0.3 is 9.83 Å². The Morgan fingerprint density at radius 2 is 2.17 bits per heavy atom. The zero-order valence-corrected chi connectivity index (χ0v) is 15.0. The minimum Gasteiger partial charge on any atom is -0.361 e. The van der Waals surface area contributed by atoms with E-state index in [9.17, 15) is 0 Å². The standard InChI is InChI=1S/C21H23ClN2/c1-6-21(4)18(22)11-15(13(2)3)19(20(21)23-5)16-12-24-17-10-8-7-9-14(16)17/h6-10,12,15,18-20,24H,1-2,11H2,3-4H3/t15-,18-,19+,20?,21-/m1/s1. The van der Waals surface area contributed by atoms with E-state index in [1.165, 1.54) is 10.9 Å². The molecular weight excluding hydrogens is 316 g/mol. The molecule has 1 aromatic carbocycles. The molecule has 1 fully saturated rings. The number of hydrogen-bond donors (Lipinski definition) is 1. The first-order valence-electron chi connectivity index (χ1n) is 8.29. The molecule has 1 aliphatic rings. The van der Waals surface area contributed by atoms with Gasteiger partial charge in [-0.3, -0.25) is 0 Å². The lowest BCUT2D eigenvalue weighted by atomic mass is 9.59. The van der Waals surface area contributed by atoms with Crippen LogP contribution in [-0.4, -0.2) is 16.4 Å². The molecule has 0 bridgehead atoms. The summed E-state index contributed by atoms with van der Waals surface area (Å²) in [4.78, 5) is 7.39. The Bertz CT molecular complexity index is 828. The second-order valence-electron chi connectivity index (χ2n) is 7.12. The first kappa shape index (κ1) is 16.9. The van der Waals surface area contributed by atoms with Crippen molar-refractivity contribution in [3.63, 3.8) is 0 Å². The summed E-state index contributed by atoms with van der Waals surface area (Å²) in [6.07, 6.45) is 4.75. The van der Waals surface area contributed by atoms with Crippen LogP contribution in [0.25, 0.3) is 15.7 Å². The van der Waals surface area contributed by atoms with Crippen molar-refractivity contribution < 1.29 is 0 Å². The molecular formula is C21H23ClN2. The Morgan fingerprint density at radius 1 is 1.46 bits per heavy atom. The molecule has 0 saturated heterocycles. The summed E-state index contributed by atoms with van der Waals surface area (Å²) in [6, 6.07) is 8.00. The van der Waals surface area contributed by atoms with Gasteiger partial charge in [-0.25, -0.2) is 6.57 Å². The monoisotopic (exact) mass is 338 g/mol. The van der Waals surface area contributed by atoms with Crippen molar-refractivity contribution in [2.45, 2.75) is 37.6 Å². The van der Waals surface area contributed by atoms with Crippen LogP contribution in [0, 0.1) is 17.9 Å². The molecule has 0 amide bonds. The smallest absolute Gasteiger partial charge is 0.241 e. The van der Waals surface area contributed by atoms with Gasteiger partial charge in [-0.15, -0.1) is 18.2 Å². The summed E-state index contributed by atoms with van der Waals surface area (Å²) >= 11 is 6.72. The molecule has 0 radical (unpaired) electrons. The Hall–Kier alpha value is -1.98. The van der Waals surface area contributed by atoms with E-state index < -0.39 is 5.41 Å². The number of allylic oxidation sites excluding steroid dienone is 1. The molecule has 5 atom stereocenters. The van der Waals surface area contributed by atoms with Crippen LogP contribution in [0.3, 0.4) is 0 Å². The molecule has 2 nitrogen and oxygen atoms in total. The van der Waals surface area contributed by atoms with E-state index in [0.29, 0.717) is 0 Å². The summed E-state index contributed by atoms with van der Waals surface area (Å²) < 4.78 is 0. The van der Waals surface area contributed by atoms with Crippen molar-refractivity contribution in [2.24, 2.45) is 11.3 Å². The van der Waals surface area contributed by atoms with Crippen molar-refractivity contribution >= 4 is 22.5 Å². The van der Waals surface area contributed by atoms with Gasteiger partial charge in [0.25, 0.3) is 0 Å². The van der Waals surface area contributed by atoms with Gasteiger partial charge in [-0.2, -0.15) is 0 Å². The molecule has 124 valence electrons. The van der Waals surface area contributed by atoms with E-state index >= 15 is 0 Å². The van der Waals surface area contributed by atoms with E-state index in [4.69, 9.17) is 18.2 Å². The largest absolute Gasteiger partial charge is 0.361 e. The summed E-state index contributed by atoms with van der Waals surface area (Å²) in [5, 5.41) is 1.07. The fourth-order valence-electron chi connectivity index (χ4n) is 4.15. The molecule has 1 saturated carbocycles. The predicted octanol–water partition coefficient (Wildman–Crippen LogP) is 5.94. The second-order valence-corrected chi connectivity index (χ2v) is 7.64. The fraction of sp³-hybridized carbons (Fsp3) is 0.381. The molecule has 1 N–H and O–H groups in total. The summed E-state index contributed by atoms with van der Waals surface area (Å²) in [5.74, 6) is 0.257. The first-order valence-corrected chi connectivity index (χ1v) is 8.73. The van der Waals surface area contributed by atoms with Gasteiger partial charge >= 0.3 is 0 Å². The first-order chi connectivity index (χ1) is 11.4. The van der Waals surface area contributed by atoms with E-state index in [-0.39, 0.29) is 23.3 Å². The van der Waals surface area contributed by atoms with Gasteiger partial charge in [0, 0.05) is 17.1 Å². The van der Waals surface area contributed by atoms with Crippen LogP contribution in [0.15, 0.2) is 55.3 Å². The highest BCUT2D eigenvalue weighted by atomic mass is 35.5. The van der Waals surface area contributed by atoms with Gasteiger partial charge in [0.2, 0.25) is 6.04 Å². The number of fused-ring (bicyclic) bond motifs is 1. The number of nitrogens with zero attached hydrogens (tertiary/aromatic N) is 1. The van der Waals surface area contributed by atoms with Gasteiger partial charge in [0.15, 0.2) is 0 Å². The van der Waals surface area contributed by atoms with Crippen molar-refractivity contribution in [3.8, 4) is 0 Å². The highest BCUT2D eigenvalue weighted by molar-refractivity contribution is 6.21. The lowest BCUT2D eigenvalue weighted by Gasteiger charge is -2.45. The average Bonchev–Trinajstić information content (AvgIpc) is 3.00. The number of rotatable bonds is 3. The number of alkyl halides is 1. The minimum atomic E-state index is -0.418. The van der Waals surface area contributed by atoms with Crippen molar-refractivity contribution in [2.75, 3.05) is 0 Å². The van der Waals surface area contributed by atoms with E-state index in [1.54, 1.807) is 0 Å². The van der Waals surface area contributed by atoms with Crippen molar-refractivity contribution in [3.05, 3.63) is 72.2 Å². The van der Waals surface area contributed by atoms with Crippen LogP contribution in [0.1, 0.15) is 31.7 Å². The van der Waals surface area contributed by atoms with Crippen molar-refractivity contribution in [1.82, 2.24) is 4.98 Å². The van der Waals surface area contributed by atoms with Crippen LogP contribution in [0.4, 0.5) is 0 Å². The molecule has 1 aliphatic carbocycles. The number of benzene rings is 1. The van der Waals surface area contributed by atoms with Crippen LogP contribution >= 0.6 is 11.6 Å². The highest BCUT2D eigenvalue weighted by Crippen LogP contribution is 2.54. The number of para-hydroxylation sites is 1. The Morgan fingerprint density at radius 3 is 2.79 bits per heavy atom. The zero-order chi connectivity index (χ0) is 17.5. The quantitative estimate of drug-likeness (QED) is 0.406. The number of halogens is 1. The maximum Gasteiger partial charge on any atom is 0.241 e. The Labute approximate surface area is 149 Å². The lowest BCUT2D eigenvalue weighted by molar-refractivity contribution is 0.202. The number of nitrogens with one attached hydrogen (secondary N) is 1. The fourth-order valence-corrected chi connectivity index (χ4v) is 4.56. The van der Waals surface area contributed by atoms with E-state index in [2.05, 4.69) is 48.2 Å². The van der Waals surface area contributed by atoms with Crippen LogP contribution in [0.5, 0.6) is 0 Å². The summed E-state index contributed by atoms with van der Waals surface area (Å²) in [7, 11) is 0. The average molecular weight is 339 g/mol. The Kier molecular flexibility index (Phi) is 4.32. The molecule has 0 aliphatic heterocycles. The van der Waals surface area contributed by atoms with Gasteiger partial charge in [0.1, 0.15) is 0 Å². The predicted molar refractivity (Wildman–Crippen MR) is 102 cm³/mol. The van der Waals surface area contributed by atoms with Crippen LogP contribution in [0.2, 0.25) is 0 Å². The van der Waals surface area contributed by atoms with E-state index in [0.717, 1.165) is 17.5 Å². The molecule has 3 heteroatoms. The number of H-pyrrole nitrogens is 1.